The van der Waals surface area contributed by atoms with Crippen LogP contribution in [-0.2, 0) is 4.79 Å². The first-order valence-electron chi connectivity index (χ1n) is 8.13. The molecule has 1 atom stereocenters. The zero-order valence-corrected chi connectivity index (χ0v) is 12.7. The van der Waals surface area contributed by atoms with E-state index in [1.807, 2.05) is 17.2 Å². The average Bonchev–Trinajstić information content (AvgIpc) is 3.11. The minimum absolute atomic E-state index is 0.142. The summed E-state index contributed by atoms with van der Waals surface area (Å²) in [5.74, 6) is 1.51. The Kier molecular flexibility index (Phi) is 4.36. The summed E-state index contributed by atoms with van der Waals surface area (Å²) in [5.41, 5.74) is 1.15. The fraction of sp³-hybridized carbons (Fsp3) is 0.688. The summed E-state index contributed by atoms with van der Waals surface area (Å²) in [6.45, 7) is 3.71. The molecule has 1 aromatic rings. The van der Waals surface area contributed by atoms with Crippen LogP contribution in [0.15, 0.2) is 12.3 Å². The van der Waals surface area contributed by atoms with Gasteiger partial charge in [0.1, 0.15) is 0 Å². The molecule has 2 aliphatic rings. The molecule has 1 aliphatic heterocycles. The summed E-state index contributed by atoms with van der Waals surface area (Å²) >= 11 is 0. The third-order valence-electron chi connectivity index (χ3n) is 4.49. The van der Waals surface area contributed by atoms with Crippen molar-refractivity contribution in [1.29, 1.82) is 0 Å². The monoisotopic (exact) mass is 288 g/mol. The van der Waals surface area contributed by atoms with Gasteiger partial charge in [-0.25, -0.2) is 9.97 Å². The lowest BCUT2D eigenvalue weighted by atomic mass is 10.0. The van der Waals surface area contributed by atoms with Crippen LogP contribution in [0.3, 0.4) is 0 Å². The van der Waals surface area contributed by atoms with Crippen LogP contribution in [0.1, 0.15) is 57.1 Å². The van der Waals surface area contributed by atoms with Gasteiger partial charge in [0.05, 0.1) is 6.04 Å². The fourth-order valence-corrected chi connectivity index (χ4v) is 3.43. The van der Waals surface area contributed by atoms with E-state index in [1.165, 1.54) is 25.7 Å². The molecule has 5 nitrogen and oxygen atoms in total. The Morgan fingerprint density at radius 1 is 1.38 bits per heavy atom. The molecule has 1 N–H and O–H groups in total. The lowest BCUT2D eigenvalue weighted by Gasteiger charge is -2.16. The first kappa shape index (κ1) is 14.3. The van der Waals surface area contributed by atoms with Gasteiger partial charge in [0.15, 0.2) is 0 Å². The largest absolute Gasteiger partial charge is 0.349 e. The maximum Gasteiger partial charge on any atom is 0.224 e. The van der Waals surface area contributed by atoms with Crippen LogP contribution in [0.25, 0.3) is 0 Å². The number of hydrogen-bond acceptors (Lipinski definition) is 4. The second-order valence-electron chi connectivity index (χ2n) is 6.17. The van der Waals surface area contributed by atoms with Gasteiger partial charge < -0.3 is 10.2 Å². The van der Waals surface area contributed by atoms with Gasteiger partial charge in [-0.2, -0.15) is 0 Å². The number of aromatic nitrogens is 2. The first-order chi connectivity index (χ1) is 10.3. The Morgan fingerprint density at radius 3 is 2.95 bits per heavy atom. The third kappa shape index (κ3) is 3.34. The van der Waals surface area contributed by atoms with Crippen LogP contribution in [0.4, 0.5) is 5.95 Å². The Labute approximate surface area is 126 Å². The Bertz CT molecular complexity index is 499. The van der Waals surface area contributed by atoms with Crippen LogP contribution >= 0.6 is 0 Å². The summed E-state index contributed by atoms with van der Waals surface area (Å²) in [4.78, 5) is 22.8. The number of rotatable bonds is 5. The highest BCUT2D eigenvalue weighted by Gasteiger charge is 2.29. The van der Waals surface area contributed by atoms with E-state index in [1.54, 1.807) is 0 Å². The van der Waals surface area contributed by atoms with Gasteiger partial charge in [-0.1, -0.05) is 19.8 Å². The van der Waals surface area contributed by atoms with Gasteiger partial charge in [0.25, 0.3) is 0 Å². The van der Waals surface area contributed by atoms with Gasteiger partial charge in [0.2, 0.25) is 11.9 Å². The van der Waals surface area contributed by atoms with E-state index in [4.69, 9.17) is 0 Å². The van der Waals surface area contributed by atoms with Gasteiger partial charge in [-0.05, 0) is 25.3 Å². The maximum atomic E-state index is 11.9. The molecule has 2 heterocycles. The molecule has 5 heteroatoms. The first-order valence-corrected chi connectivity index (χ1v) is 8.13. The van der Waals surface area contributed by atoms with E-state index in [2.05, 4.69) is 22.2 Å². The Balaban J connectivity index is 1.63. The summed E-state index contributed by atoms with van der Waals surface area (Å²) in [7, 11) is 0. The number of likely N-dealkylation sites (tertiary alicyclic amines) is 1. The number of carbonyl (C=O) groups excluding carboxylic acids is 1. The number of nitrogens with zero attached hydrogens (tertiary/aromatic N) is 3. The molecule has 1 saturated carbocycles. The van der Waals surface area contributed by atoms with E-state index < -0.39 is 0 Å². The van der Waals surface area contributed by atoms with Crippen molar-refractivity contribution in [3.05, 3.63) is 18.0 Å². The normalized spacial score (nSPS) is 23.0. The highest BCUT2D eigenvalue weighted by molar-refractivity contribution is 5.79. The lowest BCUT2D eigenvalue weighted by Crippen LogP contribution is -2.29. The van der Waals surface area contributed by atoms with Gasteiger partial charge in [-0.15, -0.1) is 0 Å². The van der Waals surface area contributed by atoms with Crippen LogP contribution in [-0.4, -0.2) is 39.9 Å². The van der Waals surface area contributed by atoms with Crippen LogP contribution in [0.5, 0.6) is 0 Å². The summed E-state index contributed by atoms with van der Waals surface area (Å²) < 4.78 is 0. The molecule has 1 aliphatic carbocycles. The van der Waals surface area contributed by atoms with Crippen molar-refractivity contribution >= 4 is 11.9 Å². The molecule has 0 aromatic carbocycles. The molecular weight excluding hydrogens is 264 g/mol. The minimum Gasteiger partial charge on any atom is -0.349 e. The van der Waals surface area contributed by atoms with Crippen molar-refractivity contribution in [3.63, 3.8) is 0 Å². The van der Waals surface area contributed by atoms with E-state index in [9.17, 15) is 4.79 Å². The van der Waals surface area contributed by atoms with Gasteiger partial charge >= 0.3 is 0 Å². The summed E-state index contributed by atoms with van der Waals surface area (Å²) in [5, 5.41) is 3.34. The zero-order valence-electron chi connectivity index (χ0n) is 12.7. The maximum absolute atomic E-state index is 11.9. The standard InChI is InChI=1S/C16H24N4O/c1-2-9-20-11-13(10-15(20)21)18-16-17-8-7-14(19-16)12-5-3-4-6-12/h7-8,12-13H,2-6,9-11H2,1H3,(H,17,18,19)/t13-/m1/s1. The second kappa shape index (κ2) is 6.41. The number of anilines is 1. The van der Waals surface area contributed by atoms with Crippen LogP contribution < -0.4 is 5.32 Å². The topological polar surface area (TPSA) is 58.1 Å². The third-order valence-corrected chi connectivity index (χ3v) is 4.49. The number of nitrogens with one attached hydrogen (secondary N) is 1. The molecule has 1 amide bonds. The van der Waals surface area contributed by atoms with Crippen molar-refractivity contribution in [2.45, 2.75) is 57.4 Å². The molecule has 0 spiro atoms. The van der Waals surface area contributed by atoms with Gasteiger partial charge in [0, 0.05) is 37.3 Å². The molecule has 21 heavy (non-hydrogen) atoms. The van der Waals surface area contributed by atoms with Crippen molar-refractivity contribution in [2.75, 3.05) is 18.4 Å². The highest BCUT2D eigenvalue weighted by Crippen LogP contribution is 2.33. The average molecular weight is 288 g/mol. The molecule has 0 radical (unpaired) electrons. The molecule has 1 aromatic heterocycles. The zero-order chi connectivity index (χ0) is 14.7. The molecule has 3 rings (SSSR count). The van der Waals surface area contributed by atoms with Crippen molar-refractivity contribution < 1.29 is 4.79 Å². The number of hydrogen-bond donors (Lipinski definition) is 1. The van der Waals surface area contributed by atoms with E-state index in [0.29, 0.717) is 18.3 Å². The summed E-state index contributed by atoms with van der Waals surface area (Å²) in [6, 6.07) is 2.17. The van der Waals surface area contributed by atoms with Crippen LogP contribution in [0.2, 0.25) is 0 Å². The van der Waals surface area contributed by atoms with Crippen LogP contribution in [0, 0.1) is 0 Å². The quantitative estimate of drug-likeness (QED) is 0.904. The molecule has 2 fully saturated rings. The van der Waals surface area contributed by atoms with Crippen molar-refractivity contribution in [3.8, 4) is 0 Å². The molecule has 0 bridgehead atoms. The smallest absolute Gasteiger partial charge is 0.224 e. The SMILES string of the molecule is CCCN1C[C@H](Nc2nccc(C3CCCC3)n2)CC1=O. The van der Waals surface area contributed by atoms with Crippen molar-refractivity contribution in [1.82, 2.24) is 14.9 Å². The molecule has 0 unspecified atom stereocenters. The predicted molar refractivity (Wildman–Crippen MR) is 82.1 cm³/mol. The summed E-state index contributed by atoms with van der Waals surface area (Å²) in [6.07, 6.45) is 8.49. The molecule has 114 valence electrons. The van der Waals surface area contributed by atoms with Gasteiger partial charge in [-0.3, -0.25) is 4.79 Å². The van der Waals surface area contributed by atoms with E-state index in [-0.39, 0.29) is 11.9 Å². The Morgan fingerprint density at radius 2 is 2.19 bits per heavy atom. The molecule has 1 saturated heterocycles. The lowest BCUT2D eigenvalue weighted by molar-refractivity contribution is -0.127. The molecular formula is C16H24N4O. The number of carbonyl (C=O) groups is 1. The fourth-order valence-electron chi connectivity index (χ4n) is 3.43. The minimum atomic E-state index is 0.142. The second-order valence-corrected chi connectivity index (χ2v) is 6.17. The Hall–Kier alpha value is -1.65. The van der Waals surface area contributed by atoms with E-state index >= 15 is 0 Å². The highest BCUT2D eigenvalue weighted by atomic mass is 16.2. The van der Waals surface area contributed by atoms with Crippen molar-refractivity contribution in [2.24, 2.45) is 0 Å². The number of amides is 1. The van der Waals surface area contributed by atoms with E-state index in [0.717, 1.165) is 25.2 Å². The predicted octanol–water partition coefficient (Wildman–Crippen LogP) is 2.56.